The lowest BCUT2D eigenvalue weighted by Crippen LogP contribution is -2.00. The molecule has 0 aliphatic heterocycles. The highest BCUT2D eigenvalue weighted by Crippen LogP contribution is 2.30. The molecule has 1 aromatic carbocycles. The van der Waals surface area contributed by atoms with Crippen LogP contribution in [0.3, 0.4) is 0 Å². The van der Waals surface area contributed by atoms with E-state index >= 15 is 0 Å². The van der Waals surface area contributed by atoms with Gasteiger partial charge in [-0.25, -0.2) is 0 Å². The van der Waals surface area contributed by atoms with Crippen LogP contribution in [0.5, 0.6) is 17.5 Å². The van der Waals surface area contributed by atoms with E-state index < -0.39 is 0 Å². The monoisotopic (exact) mass is 268 g/mol. The number of benzene rings is 1. The molecule has 0 spiro atoms. The Balaban J connectivity index is 1.97. The fourth-order valence-electron chi connectivity index (χ4n) is 1.83. The summed E-state index contributed by atoms with van der Waals surface area (Å²) in [4.78, 5) is 12.2. The third-order valence-corrected chi connectivity index (χ3v) is 2.78. The van der Waals surface area contributed by atoms with E-state index in [1.54, 1.807) is 6.20 Å². The number of nitrogens with zero attached hydrogens (tertiary/aromatic N) is 3. The van der Waals surface area contributed by atoms with Crippen LogP contribution in [0.25, 0.3) is 10.9 Å². The van der Waals surface area contributed by atoms with Crippen LogP contribution < -0.4 is 15.2 Å². The summed E-state index contributed by atoms with van der Waals surface area (Å²) in [6.07, 6.45) is 2.95. The van der Waals surface area contributed by atoms with E-state index in [-0.39, 0.29) is 17.4 Å². The van der Waals surface area contributed by atoms with Gasteiger partial charge in [0.15, 0.2) is 5.69 Å². The highest BCUT2D eigenvalue weighted by Gasteiger charge is 2.10. The van der Waals surface area contributed by atoms with Crippen LogP contribution in [0, 0.1) is 0 Å². The number of rotatable bonds is 3. The van der Waals surface area contributed by atoms with Gasteiger partial charge in [-0.3, -0.25) is 4.98 Å². The number of nitrogen functional groups attached to an aromatic ring is 1. The quantitative estimate of drug-likeness (QED) is 0.785. The third-order valence-electron chi connectivity index (χ3n) is 2.78. The smallest absolute Gasteiger partial charge is 0.249 e. The molecule has 0 fully saturated rings. The van der Waals surface area contributed by atoms with Crippen LogP contribution in [-0.4, -0.2) is 22.1 Å². The second-order valence-electron chi connectivity index (χ2n) is 4.07. The molecule has 20 heavy (non-hydrogen) atoms. The average molecular weight is 268 g/mol. The lowest BCUT2D eigenvalue weighted by molar-refractivity contribution is 0.391. The Morgan fingerprint density at radius 1 is 1.05 bits per heavy atom. The Labute approximate surface area is 115 Å². The van der Waals surface area contributed by atoms with Crippen LogP contribution >= 0.6 is 0 Å². The normalized spacial score (nSPS) is 10.4. The number of ether oxygens (including phenoxy) is 2. The fraction of sp³-hybridized carbons (Fsp3) is 0.0714. The molecular formula is C14H12N4O2. The summed E-state index contributed by atoms with van der Waals surface area (Å²) in [7, 11) is 1.49. The van der Waals surface area contributed by atoms with Gasteiger partial charge >= 0.3 is 0 Å². The first-order chi connectivity index (χ1) is 9.78. The highest BCUT2D eigenvalue weighted by molar-refractivity contribution is 5.79. The molecule has 6 heteroatoms. The van der Waals surface area contributed by atoms with E-state index in [0.717, 1.165) is 10.9 Å². The van der Waals surface area contributed by atoms with Gasteiger partial charge in [-0.05, 0) is 12.1 Å². The van der Waals surface area contributed by atoms with Crippen LogP contribution in [0.1, 0.15) is 0 Å². The Kier molecular flexibility index (Phi) is 3.04. The summed E-state index contributed by atoms with van der Waals surface area (Å²) >= 11 is 0. The molecule has 2 aromatic heterocycles. The van der Waals surface area contributed by atoms with Crippen molar-refractivity contribution < 1.29 is 9.47 Å². The predicted octanol–water partition coefficient (Wildman–Crippen LogP) is 2.41. The van der Waals surface area contributed by atoms with Crippen molar-refractivity contribution in [1.29, 1.82) is 0 Å². The first kappa shape index (κ1) is 12.2. The number of anilines is 1. The van der Waals surface area contributed by atoms with E-state index in [2.05, 4.69) is 15.0 Å². The van der Waals surface area contributed by atoms with Crippen LogP contribution in [0.4, 0.5) is 5.69 Å². The van der Waals surface area contributed by atoms with Gasteiger partial charge < -0.3 is 15.2 Å². The Bertz CT molecular complexity index is 761. The number of nitrogens with two attached hydrogens (primary N) is 1. The van der Waals surface area contributed by atoms with E-state index in [1.165, 1.54) is 13.4 Å². The van der Waals surface area contributed by atoms with E-state index in [4.69, 9.17) is 15.2 Å². The van der Waals surface area contributed by atoms with Crippen molar-refractivity contribution in [2.24, 2.45) is 0 Å². The van der Waals surface area contributed by atoms with Crippen molar-refractivity contribution in [3.8, 4) is 17.5 Å². The second-order valence-corrected chi connectivity index (χ2v) is 4.07. The fourth-order valence-corrected chi connectivity index (χ4v) is 1.83. The SMILES string of the molecule is COc1ncnc(Oc2cnc3ccccc3c2)c1N. The number of aromatic nitrogens is 3. The molecule has 2 N–H and O–H groups in total. The summed E-state index contributed by atoms with van der Waals surface area (Å²) in [5.41, 5.74) is 7.01. The molecule has 3 rings (SSSR count). The summed E-state index contributed by atoms with van der Waals surface area (Å²) in [6, 6.07) is 9.63. The number of fused-ring (bicyclic) bond motifs is 1. The Morgan fingerprint density at radius 2 is 1.85 bits per heavy atom. The summed E-state index contributed by atoms with van der Waals surface area (Å²) in [5.74, 6) is 1.08. The third kappa shape index (κ3) is 2.18. The first-order valence-corrected chi connectivity index (χ1v) is 5.95. The van der Waals surface area contributed by atoms with E-state index in [1.807, 2.05) is 30.3 Å². The molecule has 0 aliphatic rings. The first-order valence-electron chi connectivity index (χ1n) is 5.95. The minimum atomic E-state index is 0.244. The van der Waals surface area contributed by atoms with Crippen molar-refractivity contribution in [1.82, 2.24) is 15.0 Å². The topological polar surface area (TPSA) is 83.2 Å². The zero-order chi connectivity index (χ0) is 13.9. The van der Waals surface area contributed by atoms with Crippen molar-refractivity contribution in [3.63, 3.8) is 0 Å². The number of hydrogen-bond donors (Lipinski definition) is 1. The van der Waals surface area contributed by atoms with Gasteiger partial charge in [-0.1, -0.05) is 18.2 Å². The van der Waals surface area contributed by atoms with Gasteiger partial charge in [0.2, 0.25) is 11.8 Å². The zero-order valence-corrected chi connectivity index (χ0v) is 10.8. The van der Waals surface area contributed by atoms with Gasteiger partial charge in [-0.15, -0.1) is 0 Å². The van der Waals surface area contributed by atoms with E-state index in [9.17, 15) is 0 Å². The zero-order valence-electron chi connectivity index (χ0n) is 10.8. The molecule has 0 aliphatic carbocycles. The predicted molar refractivity (Wildman–Crippen MR) is 74.8 cm³/mol. The Morgan fingerprint density at radius 3 is 2.70 bits per heavy atom. The van der Waals surface area contributed by atoms with Crippen LogP contribution in [0.15, 0.2) is 42.9 Å². The van der Waals surface area contributed by atoms with Crippen molar-refractivity contribution in [2.45, 2.75) is 0 Å². The van der Waals surface area contributed by atoms with Gasteiger partial charge in [0, 0.05) is 5.39 Å². The lowest BCUT2D eigenvalue weighted by atomic mass is 10.2. The largest absolute Gasteiger partial charge is 0.479 e. The maximum absolute atomic E-state index is 5.86. The number of para-hydroxylation sites is 1. The van der Waals surface area contributed by atoms with Gasteiger partial charge in [0.1, 0.15) is 12.1 Å². The molecule has 0 bridgehead atoms. The van der Waals surface area contributed by atoms with Gasteiger partial charge in [-0.2, -0.15) is 9.97 Å². The molecule has 0 amide bonds. The minimum Gasteiger partial charge on any atom is -0.479 e. The number of hydrogen-bond acceptors (Lipinski definition) is 6. The second kappa shape index (κ2) is 5.00. The van der Waals surface area contributed by atoms with Crippen molar-refractivity contribution in [3.05, 3.63) is 42.9 Å². The van der Waals surface area contributed by atoms with Gasteiger partial charge in [0.05, 0.1) is 18.8 Å². The Hall–Kier alpha value is -2.89. The van der Waals surface area contributed by atoms with Crippen LogP contribution in [-0.2, 0) is 0 Å². The molecule has 3 aromatic rings. The standard InChI is InChI=1S/C14H12N4O2/c1-19-13-12(15)14(18-8-17-13)20-10-6-9-4-2-3-5-11(9)16-7-10/h2-8H,15H2,1H3. The van der Waals surface area contributed by atoms with Crippen molar-refractivity contribution in [2.75, 3.05) is 12.8 Å². The molecule has 0 atom stereocenters. The average Bonchev–Trinajstić information content (AvgIpc) is 2.49. The minimum absolute atomic E-state index is 0.244. The number of pyridine rings is 1. The molecule has 6 nitrogen and oxygen atoms in total. The summed E-state index contributed by atoms with van der Waals surface area (Å²) in [5, 5.41) is 0.976. The maximum atomic E-state index is 5.86. The highest BCUT2D eigenvalue weighted by atomic mass is 16.5. The molecule has 2 heterocycles. The molecule has 0 saturated carbocycles. The molecule has 0 saturated heterocycles. The molecule has 0 unspecified atom stereocenters. The maximum Gasteiger partial charge on any atom is 0.249 e. The molecule has 100 valence electrons. The van der Waals surface area contributed by atoms with Gasteiger partial charge in [0.25, 0.3) is 0 Å². The van der Waals surface area contributed by atoms with E-state index in [0.29, 0.717) is 5.75 Å². The number of methoxy groups -OCH3 is 1. The lowest BCUT2D eigenvalue weighted by Gasteiger charge is -2.09. The van der Waals surface area contributed by atoms with Crippen LogP contribution in [0.2, 0.25) is 0 Å². The molecule has 0 radical (unpaired) electrons. The van der Waals surface area contributed by atoms with Crippen molar-refractivity contribution >= 4 is 16.6 Å². The summed E-state index contributed by atoms with van der Waals surface area (Å²) < 4.78 is 10.7. The summed E-state index contributed by atoms with van der Waals surface area (Å²) in [6.45, 7) is 0. The molecular weight excluding hydrogens is 256 g/mol.